The van der Waals surface area contributed by atoms with Gasteiger partial charge in [0.2, 0.25) is 0 Å². The Kier molecular flexibility index (Phi) is 3.97. The summed E-state index contributed by atoms with van der Waals surface area (Å²) < 4.78 is 7.38. The zero-order valence-corrected chi connectivity index (χ0v) is 13.2. The van der Waals surface area contributed by atoms with Crippen LogP contribution in [-0.2, 0) is 7.05 Å². The molecule has 23 heavy (non-hydrogen) atoms. The summed E-state index contributed by atoms with van der Waals surface area (Å²) >= 11 is 0. The topological polar surface area (TPSA) is 83.9 Å². The summed E-state index contributed by atoms with van der Waals surface area (Å²) in [5.41, 5.74) is 0.687. The van der Waals surface area contributed by atoms with E-state index in [1.165, 1.54) is 11.0 Å². The molecule has 1 unspecified atom stereocenters. The maximum absolute atomic E-state index is 12.3. The SMILES string of the molecule is Cc1cc(OC2CCN(C(=O)N3CCNC3=O)C2)cc(=O)n1C. The van der Waals surface area contributed by atoms with E-state index in [-0.39, 0.29) is 23.7 Å². The number of ether oxygens (including phenoxy) is 1. The molecule has 124 valence electrons. The summed E-state index contributed by atoms with van der Waals surface area (Å²) in [7, 11) is 1.71. The van der Waals surface area contributed by atoms with Gasteiger partial charge in [0.25, 0.3) is 5.56 Å². The number of imide groups is 1. The van der Waals surface area contributed by atoms with Crippen molar-refractivity contribution in [3.05, 3.63) is 28.2 Å². The van der Waals surface area contributed by atoms with Crippen LogP contribution in [0.25, 0.3) is 0 Å². The van der Waals surface area contributed by atoms with Crippen molar-refractivity contribution in [2.75, 3.05) is 26.2 Å². The average Bonchev–Trinajstić information content (AvgIpc) is 3.13. The number of likely N-dealkylation sites (tertiary alicyclic amines) is 1. The van der Waals surface area contributed by atoms with Crippen LogP contribution in [0.5, 0.6) is 5.75 Å². The van der Waals surface area contributed by atoms with E-state index in [9.17, 15) is 14.4 Å². The van der Waals surface area contributed by atoms with E-state index in [2.05, 4.69) is 5.32 Å². The summed E-state index contributed by atoms with van der Waals surface area (Å²) in [6, 6.07) is 2.62. The van der Waals surface area contributed by atoms with Gasteiger partial charge in [-0.25, -0.2) is 14.5 Å². The highest BCUT2D eigenvalue weighted by atomic mass is 16.5. The third kappa shape index (κ3) is 3.01. The lowest BCUT2D eigenvalue weighted by molar-refractivity contribution is 0.161. The number of nitrogens with one attached hydrogen (secondary N) is 1. The molecule has 3 heterocycles. The van der Waals surface area contributed by atoms with Crippen molar-refractivity contribution in [1.29, 1.82) is 0 Å². The third-order valence-electron chi connectivity index (χ3n) is 4.28. The molecule has 2 saturated heterocycles. The first-order chi connectivity index (χ1) is 11.0. The fourth-order valence-corrected chi connectivity index (χ4v) is 2.82. The zero-order valence-electron chi connectivity index (χ0n) is 13.2. The van der Waals surface area contributed by atoms with Crippen LogP contribution in [0.2, 0.25) is 0 Å². The predicted octanol–water partition coefficient (Wildman–Crippen LogP) is 0.292. The van der Waals surface area contributed by atoms with Crippen molar-refractivity contribution in [3.63, 3.8) is 0 Å². The molecule has 3 rings (SSSR count). The zero-order chi connectivity index (χ0) is 16.6. The van der Waals surface area contributed by atoms with Crippen molar-refractivity contribution in [3.8, 4) is 5.75 Å². The third-order valence-corrected chi connectivity index (χ3v) is 4.28. The predicted molar refractivity (Wildman–Crippen MR) is 82.5 cm³/mol. The highest BCUT2D eigenvalue weighted by molar-refractivity contribution is 5.95. The summed E-state index contributed by atoms with van der Waals surface area (Å²) in [4.78, 5) is 38.5. The Hall–Kier alpha value is -2.51. The average molecular weight is 320 g/mol. The molecule has 1 aromatic rings. The van der Waals surface area contributed by atoms with Crippen LogP contribution >= 0.6 is 0 Å². The lowest BCUT2D eigenvalue weighted by Crippen LogP contribution is -2.44. The molecule has 0 aliphatic carbocycles. The second-order valence-electron chi connectivity index (χ2n) is 5.87. The van der Waals surface area contributed by atoms with Crippen molar-refractivity contribution >= 4 is 12.1 Å². The lowest BCUT2D eigenvalue weighted by atomic mass is 10.3. The molecule has 0 radical (unpaired) electrons. The van der Waals surface area contributed by atoms with E-state index in [0.717, 1.165) is 5.69 Å². The largest absolute Gasteiger partial charge is 0.488 e. The molecular weight excluding hydrogens is 300 g/mol. The van der Waals surface area contributed by atoms with E-state index >= 15 is 0 Å². The molecule has 2 aliphatic rings. The van der Waals surface area contributed by atoms with Crippen LogP contribution in [0.1, 0.15) is 12.1 Å². The fourth-order valence-electron chi connectivity index (χ4n) is 2.82. The maximum atomic E-state index is 12.3. The number of urea groups is 2. The minimum absolute atomic E-state index is 0.125. The molecule has 4 amide bonds. The van der Waals surface area contributed by atoms with E-state index in [0.29, 0.717) is 38.3 Å². The number of aromatic nitrogens is 1. The van der Waals surface area contributed by atoms with Gasteiger partial charge in [-0.05, 0) is 13.0 Å². The molecule has 8 nitrogen and oxygen atoms in total. The van der Waals surface area contributed by atoms with Crippen LogP contribution < -0.4 is 15.6 Å². The summed E-state index contributed by atoms with van der Waals surface area (Å²) in [6.07, 6.45) is 0.506. The molecule has 2 aliphatic heterocycles. The van der Waals surface area contributed by atoms with Gasteiger partial charge in [-0.2, -0.15) is 0 Å². The second-order valence-corrected chi connectivity index (χ2v) is 5.87. The molecule has 0 saturated carbocycles. The first-order valence-corrected chi connectivity index (χ1v) is 7.64. The van der Waals surface area contributed by atoms with Crippen LogP contribution in [0.3, 0.4) is 0 Å². The second kappa shape index (κ2) is 5.94. The first kappa shape index (κ1) is 15.4. The normalized spacial score (nSPS) is 20.8. The molecule has 0 spiro atoms. The summed E-state index contributed by atoms with van der Waals surface area (Å²) in [5.74, 6) is 0.517. The van der Waals surface area contributed by atoms with Gasteiger partial charge < -0.3 is 19.5 Å². The van der Waals surface area contributed by atoms with Gasteiger partial charge in [-0.15, -0.1) is 0 Å². The van der Waals surface area contributed by atoms with E-state index < -0.39 is 0 Å². The minimum atomic E-state index is -0.346. The van der Waals surface area contributed by atoms with E-state index in [1.807, 2.05) is 6.92 Å². The Balaban J connectivity index is 1.63. The van der Waals surface area contributed by atoms with Crippen LogP contribution in [0, 0.1) is 6.92 Å². The molecule has 1 atom stereocenters. The highest BCUT2D eigenvalue weighted by Crippen LogP contribution is 2.19. The van der Waals surface area contributed by atoms with Crippen LogP contribution in [0.4, 0.5) is 9.59 Å². The molecule has 0 bridgehead atoms. The van der Waals surface area contributed by atoms with Crippen LogP contribution in [0.15, 0.2) is 16.9 Å². The number of aryl methyl sites for hydroxylation is 1. The number of hydrogen-bond donors (Lipinski definition) is 1. The molecule has 0 aromatic carbocycles. The number of carbonyl (C=O) groups is 2. The Morgan fingerprint density at radius 3 is 2.74 bits per heavy atom. The monoisotopic (exact) mass is 320 g/mol. The van der Waals surface area contributed by atoms with Gasteiger partial charge in [-0.3, -0.25) is 4.79 Å². The number of hydrogen-bond acceptors (Lipinski definition) is 4. The Morgan fingerprint density at radius 1 is 1.30 bits per heavy atom. The molecule has 1 N–H and O–H groups in total. The van der Waals surface area contributed by atoms with Gasteiger partial charge >= 0.3 is 12.1 Å². The number of nitrogens with zero attached hydrogens (tertiary/aromatic N) is 3. The van der Waals surface area contributed by atoms with Crippen molar-refractivity contribution < 1.29 is 14.3 Å². The maximum Gasteiger partial charge on any atom is 0.328 e. The Labute approximate surface area is 133 Å². The first-order valence-electron chi connectivity index (χ1n) is 7.64. The van der Waals surface area contributed by atoms with Crippen molar-refractivity contribution in [1.82, 2.24) is 19.7 Å². The van der Waals surface area contributed by atoms with Crippen molar-refractivity contribution in [2.45, 2.75) is 19.4 Å². The van der Waals surface area contributed by atoms with E-state index in [4.69, 9.17) is 4.74 Å². The van der Waals surface area contributed by atoms with E-state index in [1.54, 1.807) is 22.6 Å². The Morgan fingerprint density at radius 2 is 2.09 bits per heavy atom. The highest BCUT2D eigenvalue weighted by Gasteiger charge is 2.35. The number of amides is 4. The molecule has 8 heteroatoms. The summed E-state index contributed by atoms with van der Waals surface area (Å²) in [6.45, 7) is 3.68. The van der Waals surface area contributed by atoms with Gasteiger partial charge in [0.1, 0.15) is 11.9 Å². The molecule has 1 aromatic heterocycles. The van der Waals surface area contributed by atoms with Crippen LogP contribution in [-0.4, -0.2) is 58.7 Å². The minimum Gasteiger partial charge on any atom is -0.488 e. The van der Waals surface area contributed by atoms with Gasteiger partial charge in [0, 0.05) is 44.9 Å². The quantitative estimate of drug-likeness (QED) is 0.849. The smallest absolute Gasteiger partial charge is 0.328 e. The van der Waals surface area contributed by atoms with Crippen molar-refractivity contribution in [2.24, 2.45) is 7.05 Å². The standard InChI is InChI=1S/C15H20N4O4/c1-10-7-12(8-13(20)17(10)2)23-11-3-5-18(9-11)15(22)19-6-4-16-14(19)21/h7-8,11H,3-6,9H2,1-2H3,(H,16,21). The van der Waals surface area contributed by atoms with Gasteiger partial charge in [0.15, 0.2) is 0 Å². The Bertz CT molecular complexity index is 699. The van der Waals surface area contributed by atoms with Gasteiger partial charge in [0.05, 0.1) is 6.54 Å². The number of rotatable bonds is 2. The summed E-state index contributed by atoms with van der Waals surface area (Å²) in [5, 5.41) is 2.61. The lowest BCUT2D eigenvalue weighted by Gasteiger charge is -2.22. The number of carbonyl (C=O) groups excluding carboxylic acids is 2. The van der Waals surface area contributed by atoms with Gasteiger partial charge in [-0.1, -0.05) is 0 Å². The fraction of sp³-hybridized carbons (Fsp3) is 0.533. The molecular formula is C15H20N4O4. The number of pyridine rings is 1. The molecule has 2 fully saturated rings.